The maximum Gasteiger partial charge on any atom is 0.412 e. The van der Waals surface area contributed by atoms with E-state index in [-0.39, 0.29) is 0 Å². The Bertz CT molecular complexity index is 537. The van der Waals surface area contributed by atoms with Crippen LogP contribution in [0.2, 0.25) is 0 Å². The standard InChI is InChI=1S/C13H14BrNO4.C2H6/c1-13(2,3)19-12(17)15-7-4-5-8-9(6-7)11(16)18-10(8)14;1-2/h4-6,10H,1-3H3,(H,15,17);1-2H3. The Balaban J connectivity index is 0.00000106. The summed E-state index contributed by atoms with van der Waals surface area (Å²) in [6, 6.07) is 4.99. The van der Waals surface area contributed by atoms with Crippen LogP contribution in [0.15, 0.2) is 18.2 Å². The van der Waals surface area contributed by atoms with Crippen LogP contribution in [0.5, 0.6) is 0 Å². The molecule has 1 aromatic carbocycles. The van der Waals surface area contributed by atoms with Crippen molar-refractivity contribution in [2.24, 2.45) is 0 Å². The fraction of sp³-hybridized carbons (Fsp3) is 0.467. The maximum absolute atomic E-state index is 11.6. The van der Waals surface area contributed by atoms with Gasteiger partial charge in [0.2, 0.25) is 0 Å². The minimum atomic E-state index is -0.569. The Hall–Kier alpha value is -1.56. The lowest BCUT2D eigenvalue weighted by Crippen LogP contribution is -2.27. The first kappa shape index (κ1) is 17.5. The van der Waals surface area contributed by atoms with Gasteiger partial charge in [0.25, 0.3) is 0 Å². The van der Waals surface area contributed by atoms with Crippen LogP contribution in [-0.4, -0.2) is 17.7 Å². The van der Waals surface area contributed by atoms with Gasteiger partial charge < -0.3 is 9.47 Å². The van der Waals surface area contributed by atoms with E-state index in [0.717, 1.165) is 5.56 Å². The molecule has 1 aromatic rings. The molecule has 2 rings (SSSR count). The summed E-state index contributed by atoms with van der Waals surface area (Å²) < 4.78 is 10.1. The molecule has 0 aromatic heterocycles. The summed E-state index contributed by atoms with van der Waals surface area (Å²) in [5.41, 5.74) is 1.11. The average molecular weight is 358 g/mol. The van der Waals surface area contributed by atoms with Crippen molar-refractivity contribution in [1.82, 2.24) is 0 Å². The van der Waals surface area contributed by atoms with Gasteiger partial charge in [0.1, 0.15) is 5.60 Å². The monoisotopic (exact) mass is 357 g/mol. The summed E-state index contributed by atoms with van der Waals surface area (Å²) >= 11 is 3.24. The molecule has 1 atom stereocenters. The second kappa shape index (κ2) is 6.93. The Kier molecular flexibility index (Phi) is 5.78. The van der Waals surface area contributed by atoms with E-state index in [1.165, 1.54) is 0 Å². The summed E-state index contributed by atoms with van der Waals surface area (Å²) in [5, 5.41) is 2.15. The van der Waals surface area contributed by atoms with Gasteiger partial charge in [0, 0.05) is 11.3 Å². The van der Waals surface area contributed by atoms with Gasteiger partial charge in [0.15, 0.2) is 5.01 Å². The van der Waals surface area contributed by atoms with Gasteiger partial charge >= 0.3 is 12.1 Å². The number of esters is 1. The van der Waals surface area contributed by atoms with Crippen LogP contribution in [0.3, 0.4) is 0 Å². The molecule has 116 valence electrons. The zero-order valence-electron chi connectivity index (χ0n) is 12.8. The van der Waals surface area contributed by atoms with Gasteiger partial charge in [-0.2, -0.15) is 0 Å². The molecule has 0 saturated carbocycles. The molecular weight excluding hydrogens is 338 g/mol. The largest absolute Gasteiger partial charge is 0.444 e. The number of amides is 1. The molecule has 0 spiro atoms. The lowest BCUT2D eigenvalue weighted by molar-refractivity contribution is 0.0529. The number of ether oxygens (including phenoxy) is 2. The Morgan fingerprint density at radius 2 is 1.95 bits per heavy atom. The first-order valence-corrected chi connectivity index (χ1v) is 7.67. The number of nitrogens with one attached hydrogen (secondary N) is 1. The minimum Gasteiger partial charge on any atom is -0.444 e. The molecule has 6 heteroatoms. The SMILES string of the molecule is CC.CC(C)(C)OC(=O)Nc1ccc2c(c1)C(=O)OC2Br. The third-order valence-electron chi connectivity index (χ3n) is 2.37. The second-order valence-electron chi connectivity index (χ2n) is 5.15. The first-order valence-electron chi connectivity index (χ1n) is 6.75. The second-order valence-corrected chi connectivity index (χ2v) is 5.98. The van der Waals surface area contributed by atoms with Crippen molar-refractivity contribution in [2.45, 2.75) is 45.2 Å². The average Bonchev–Trinajstić information content (AvgIpc) is 2.65. The van der Waals surface area contributed by atoms with E-state index in [1.807, 2.05) is 13.8 Å². The van der Waals surface area contributed by atoms with E-state index < -0.39 is 22.7 Å². The number of rotatable bonds is 1. The normalized spacial score (nSPS) is 16.3. The van der Waals surface area contributed by atoms with Gasteiger partial charge in [-0.15, -0.1) is 0 Å². The molecule has 1 unspecified atom stereocenters. The predicted molar refractivity (Wildman–Crippen MR) is 84.7 cm³/mol. The molecule has 0 aliphatic carbocycles. The quantitative estimate of drug-likeness (QED) is 0.588. The van der Waals surface area contributed by atoms with Crippen molar-refractivity contribution < 1.29 is 19.1 Å². The first-order chi connectivity index (χ1) is 9.76. The number of alkyl halides is 1. The molecule has 1 aliphatic heterocycles. The van der Waals surface area contributed by atoms with Gasteiger partial charge in [-0.25, -0.2) is 9.59 Å². The minimum absolute atomic E-state index is 0.412. The molecular formula is C15H20BrNO4. The summed E-state index contributed by atoms with van der Waals surface area (Å²) in [6.07, 6.45) is -0.561. The van der Waals surface area contributed by atoms with E-state index in [9.17, 15) is 9.59 Å². The highest BCUT2D eigenvalue weighted by Gasteiger charge is 2.29. The fourth-order valence-corrected chi connectivity index (χ4v) is 2.22. The van der Waals surface area contributed by atoms with Crippen molar-refractivity contribution in [3.05, 3.63) is 29.3 Å². The number of carbonyl (C=O) groups is 2. The lowest BCUT2D eigenvalue weighted by Gasteiger charge is -2.19. The van der Waals surface area contributed by atoms with Gasteiger partial charge in [-0.3, -0.25) is 5.32 Å². The summed E-state index contributed by atoms with van der Waals surface area (Å²) in [4.78, 5) is 23.2. The highest BCUT2D eigenvalue weighted by atomic mass is 79.9. The van der Waals surface area contributed by atoms with Crippen LogP contribution < -0.4 is 5.32 Å². The van der Waals surface area contributed by atoms with Crippen LogP contribution in [0.25, 0.3) is 0 Å². The topological polar surface area (TPSA) is 64.6 Å². The maximum atomic E-state index is 11.6. The molecule has 5 nitrogen and oxygen atoms in total. The zero-order valence-corrected chi connectivity index (χ0v) is 14.4. The molecule has 0 bridgehead atoms. The van der Waals surface area contributed by atoms with Crippen LogP contribution in [-0.2, 0) is 9.47 Å². The number of benzene rings is 1. The van der Waals surface area contributed by atoms with E-state index in [2.05, 4.69) is 21.2 Å². The van der Waals surface area contributed by atoms with Crippen molar-refractivity contribution >= 4 is 33.7 Å². The summed E-state index contributed by atoms with van der Waals surface area (Å²) in [6.45, 7) is 9.34. The molecule has 1 aliphatic rings. The van der Waals surface area contributed by atoms with Crippen molar-refractivity contribution in [3.8, 4) is 0 Å². The summed E-state index contributed by atoms with van der Waals surface area (Å²) in [7, 11) is 0. The van der Waals surface area contributed by atoms with Crippen LogP contribution in [0, 0.1) is 0 Å². The molecule has 0 fully saturated rings. The molecule has 1 amide bonds. The van der Waals surface area contributed by atoms with E-state index >= 15 is 0 Å². The van der Waals surface area contributed by atoms with Crippen molar-refractivity contribution in [3.63, 3.8) is 0 Å². The van der Waals surface area contributed by atoms with Crippen LogP contribution >= 0.6 is 15.9 Å². The van der Waals surface area contributed by atoms with Gasteiger partial charge in [0.05, 0.1) is 5.56 Å². The number of hydrogen-bond donors (Lipinski definition) is 1. The smallest absolute Gasteiger partial charge is 0.412 e. The van der Waals surface area contributed by atoms with E-state index in [1.54, 1.807) is 39.0 Å². The molecule has 1 heterocycles. The molecule has 0 radical (unpaired) electrons. The Morgan fingerprint density at radius 3 is 2.52 bits per heavy atom. The third-order valence-corrected chi connectivity index (χ3v) is 3.05. The van der Waals surface area contributed by atoms with Gasteiger partial charge in [-0.05, 0) is 48.8 Å². The van der Waals surface area contributed by atoms with E-state index in [0.29, 0.717) is 11.3 Å². The van der Waals surface area contributed by atoms with Crippen molar-refractivity contribution in [1.29, 1.82) is 0 Å². The predicted octanol–water partition coefficient (Wildman–Crippen LogP) is 4.62. The van der Waals surface area contributed by atoms with Crippen LogP contribution in [0.4, 0.5) is 10.5 Å². The number of fused-ring (bicyclic) bond motifs is 1. The van der Waals surface area contributed by atoms with Crippen molar-refractivity contribution in [2.75, 3.05) is 5.32 Å². The van der Waals surface area contributed by atoms with E-state index in [4.69, 9.17) is 9.47 Å². The number of halogens is 1. The summed E-state index contributed by atoms with van der Waals surface area (Å²) in [5.74, 6) is -0.412. The number of carbonyl (C=O) groups excluding carboxylic acids is 2. The Morgan fingerprint density at radius 1 is 1.33 bits per heavy atom. The number of anilines is 1. The third kappa shape index (κ3) is 4.74. The lowest BCUT2D eigenvalue weighted by atomic mass is 10.1. The molecule has 0 saturated heterocycles. The highest BCUT2D eigenvalue weighted by molar-refractivity contribution is 9.09. The van der Waals surface area contributed by atoms with Crippen LogP contribution in [0.1, 0.15) is 55.6 Å². The Labute approximate surface area is 133 Å². The number of hydrogen-bond acceptors (Lipinski definition) is 4. The molecule has 21 heavy (non-hydrogen) atoms. The number of cyclic esters (lactones) is 1. The zero-order chi connectivity index (χ0) is 16.2. The van der Waals surface area contributed by atoms with Gasteiger partial charge in [-0.1, -0.05) is 19.9 Å². The highest BCUT2D eigenvalue weighted by Crippen LogP contribution is 2.36. The fourth-order valence-electron chi connectivity index (χ4n) is 1.65. The molecule has 1 N–H and O–H groups in total.